The normalized spacial score (nSPS) is 41.2. The molecule has 0 saturated heterocycles. The van der Waals surface area contributed by atoms with Crippen LogP contribution in [0.3, 0.4) is 0 Å². The van der Waals surface area contributed by atoms with E-state index in [1.807, 2.05) is 0 Å². The van der Waals surface area contributed by atoms with Crippen LogP contribution in [0.2, 0.25) is 0 Å². The first-order valence-electron chi connectivity index (χ1n) is 7.00. The summed E-state index contributed by atoms with van der Waals surface area (Å²) < 4.78 is 0. The molecule has 0 aromatic rings. The molecule has 1 saturated carbocycles. The highest BCUT2D eigenvalue weighted by Crippen LogP contribution is 2.47. The standard InChI is InChI=1S/C16H22/c1-2-4-10-15-13-8-6-7-9-14(12-13)16(15)11-5-3-1/h6-10,13-14,16H,1-5,11-12H2/b15-10-/t13-,14+,16-/m1/s1. The van der Waals surface area contributed by atoms with Crippen LogP contribution in [0.15, 0.2) is 36.0 Å². The van der Waals surface area contributed by atoms with Gasteiger partial charge in [-0.05, 0) is 43.4 Å². The number of fused-ring (bicyclic) bond motifs is 5. The van der Waals surface area contributed by atoms with Crippen LogP contribution in [-0.2, 0) is 0 Å². The van der Waals surface area contributed by atoms with E-state index in [4.69, 9.17) is 0 Å². The monoisotopic (exact) mass is 214 g/mol. The largest absolute Gasteiger partial charge is 0.0844 e. The number of allylic oxidation sites excluding steroid dienone is 6. The third-order valence-electron chi connectivity index (χ3n) is 4.56. The van der Waals surface area contributed by atoms with Gasteiger partial charge in [0.1, 0.15) is 0 Å². The van der Waals surface area contributed by atoms with Gasteiger partial charge in [0.15, 0.2) is 0 Å². The molecule has 3 aliphatic carbocycles. The van der Waals surface area contributed by atoms with E-state index in [1.165, 1.54) is 44.9 Å². The van der Waals surface area contributed by atoms with E-state index in [1.54, 1.807) is 5.57 Å². The van der Waals surface area contributed by atoms with Crippen molar-refractivity contribution in [3.8, 4) is 0 Å². The fraction of sp³-hybridized carbons (Fsp3) is 0.625. The Labute approximate surface area is 99.1 Å². The lowest BCUT2D eigenvalue weighted by Gasteiger charge is -2.18. The molecule has 0 radical (unpaired) electrons. The molecule has 0 aliphatic heterocycles. The molecule has 3 atom stereocenters. The molecule has 0 heterocycles. The molecule has 0 amide bonds. The summed E-state index contributed by atoms with van der Waals surface area (Å²) in [4.78, 5) is 0. The summed E-state index contributed by atoms with van der Waals surface area (Å²) in [5, 5.41) is 0. The van der Waals surface area contributed by atoms with E-state index in [2.05, 4.69) is 30.4 Å². The Morgan fingerprint density at radius 3 is 2.81 bits per heavy atom. The van der Waals surface area contributed by atoms with Crippen LogP contribution in [0.1, 0.15) is 44.9 Å². The number of hydrogen-bond donors (Lipinski definition) is 0. The zero-order valence-electron chi connectivity index (χ0n) is 10.1. The van der Waals surface area contributed by atoms with Crippen molar-refractivity contribution >= 4 is 0 Å². The molecule has 3 rings (SSSR count). The van der Waals surface area contributed by atoms with Crippen molar-refractivity contribution in [2.24, 2.45) is 17.8 Å². The van der Waals surface area contributed by atoms with Crippen LogP contribution in [0, 0.1) is 17.8 Å². The molecule has 0 nitrogen and oxygen atoms in total. The second-order valence-corrected chi connectivity index (χ2v) is 5.58. The van der Waals surface area contributed by atoms with Crippen LogP contribution >= 0.6 is 0 Å². The lowest BCUT2D eigenvalue weighted by molar-refractivity contribution is 0.449. The van der Waals surface area contributed by atoms with Gasteiger partial charge in [-0.3, -0.25) is 0 Å². The van der Waals surface area contributed by atoms with Crippen molar-refractivity contribution < 1.29 is 0 Å². The maximum atomic E-state index is 2.59. The highest BCUT2D eigenvalue weighted by atomic mass is 14.4. The Morgan fingerprint density at radius 2 is 1.81 bits per heavy atom. The van der Waals surface area contributed by atoms with Crippen LogP contribution in [-0.4, -0.2) is 0 Å². The van der Waals surface area contributed by atoms with Gasteiger partial charge >= 0.3 is 0 Å². The molecular formula is C16H22. The Bertz CT molecular complexity index is 332. The SMILES string of the molecule is C1=C[C@@H]2C[C@H](C=C1)[C@H]1CCCCCC/C=C/21. The van der Waals surface area contributed by atoms with Crippen molar-refractivity contribution in [2.75, 3.05) is 0 Å². The topological polar surface area (TPSA) is 0 Å². The highest BCUT2D eigenvalue weighted by molar-refractivity contribution is 5.29. The molecule has 2 bridgehead atoms. The van der Waals surface area contributed by atoms with Crippen LogP contribution < -0.4 is 0 Å². The summed E-state index contributed by atoms with van der Waals surface area (Å²) in [7, 11) is 0. The molecule has 3 aliphatic rings. The molecular weight excluding hydrogens is 192 g/mol. The number of hydrogen-bond acceptors (Lipinski definition) is 0. The molecule has 0 heteroatoms. The summed E-state index contributed by atoms with van der Waals surface area (Å²) in [5.41, 5.74) is 1.78. The Hall–Kier alpha value is -0.780. The average Bonchev–Trinajstić information content (AvgIpc) is 2.48. The average molecular weight is 214 g/mol. The van der Waals surface area contributed by atoms with Crippen molar-refractivity contribution in [2.45, 2.75) is 44.9 Å². The first kappa shape index (κ1) is 10.4. The fourth-order valence-electron chi connectivity index (χ4n) is 3.74. The second-order valence-electron chi connectivity index (χ2n) is 5.58. The smallest absolute Gasteiger partial charge is 0.00114 e. The Morgan fingerprint density at radius 1 is 0.938 bits per heavy atom. The number of rotatable bonds is 0. The van der Waals surface area contributed by atoms with Gasteiger partial charge in [0.05, 0.1) is 0 Å². The van der Waals surface area contributed by atoms with Gasteiger partial charge in [0.25, 0.3) is 0 Å². The first-order valence-corrected chi connectivity index (χ1v) is 7.00. The van der Waals surface area contributed by atoms with Gasteiger partial charge in [0, 0.05) is 0 Å². The van der Waals surface area contributed by atoms with E-state index >= 15 is 0 Å². The van der Waals surface area contributed by atoms with Crippen molar-refractivity contribution in [3.63, 3.8) is 0 Å². The van der Waals surface area contributed by atoms with Crippen LogP contribution in [0.25, 0.3) is 0 Å². The molecule has 1 fully saturated rings. The quantitative estimate of drug-likeness (QED) is 0.515. The van der Waals surface area contributed by atoms with Crippen LogP contribution in [0.4, 0.5) is 0 Å². The van der Waals surface area contributed by atoms with Gasteiger partial charge < -0.3 is 0 Å². The minimum absolute atomic E-state index is 0.767. The fourth-order valence-corrected chi connectivity index (χ4v) is 3.74. The second kappa shape index (κ2) is 4.61. The van der Waals surface area contributed by atoms with E-state index < -0.39 is 0 Å². The van der Waals surface area contributed by atoms with Gasteiger partial charge in [-0.25, -0.2) is 0 Å². The van der Waals surface area contributed by atoms with Gasteiger partial charge in [0.2, 0.25) is 0 Å². The minimum Gasteiger partial charge on any atom is -0.0844 e. The van der Waals surface area contributed by atoms with E-state index in [0.717, 1.165) is 17.8 Å². The predicted molar refractivity (Wildman–Crippen MR) is 69.2 cm³/mol. The van der Waals surface area contributed by atoms with Crippen molar-refractivity contribution in [3.05, 3.63) is 36.0 Å². The zero-order chi connectivity index (χ0) is 10.8. The summed E-state index contributed by atoms with van der Waals surface area (Å²) in [6.07, 6.45) is 21.9. The Kier molecular flexibility index (Phi) is 2.99. The van der Waals surface area contributed by atoms with E-state index in [-0.39, 0.29) is 0 Å². The summed E-state index contributed by atoms with van der Waals surface area (Å²) >= 11 is 0. The van der Waals surface area contributed by atoms with Crippen molar-refractivity contribution in [1.82, 2.24) is 0 Å². The van der Waals surface area contributed by atoms with Gasteiger partial charge in [-0.1, -0.05) is 55.2 Å². The molecule has 0 N–H and O–H groups in total. The molecule has 0 spiro atoms. The van der Waals surface area contributed by atoms with E-state index in [9.17, 15) is 0 Å². The summed E-state index contributed by atoms with van der Waals surface area (Å²) in [6, 6.07) is 0. The lowest BCUT2D eigenvalue weighted by Crippen LogP contribution is -2.07. The minimum atomic E-state index is 0.767. The maximum absolute atomic E-state index is 2.59. The zero-order valence-corrected chi connectivity index (χ0v) is 10.1. The molecule has 86 valence electrons. The lowest BCUT2D eigenvalue weighted by atomic mass is 9.86. The predicted octanol–water partition coefficient (Wildman–Crippen LogP) is 4.65. The third kappa shape index (κ3) is 1.90. The molecule has 0 aromatic carbocycles. The van der Waals surface area contributed by atoms with Gasteiger partial charge in [-0.15, -0.1) is 0 Å². The Balaban J connectivity index is 1.88. The summed E-state index contributed by atoms with van der Waals surface area (Å²) in [6.45, 7) is 0. The molecule has 0 unspecified atom stereocenters. The molecule has 0 aromatic heterocycles. The highest BCUT2D eigenvalue weighted by Gasteiger charge is 2.36. The maximum Gasteiger partial charge on any atom is -0.00114 e. The van der Waals surface area contributed by atoms with Crippen LogP contribution in [0.5, 0.6) is 0 Å². The van der Waals surface area contributed by atoms with E-state index in [0.29, 0.717) is 0 Å². The molecule has 16 heavy (non-hydrogen) atoms. The van der Waals surface area contributed by atoms with Crippen molar-refractivity contribution in [1.29, 1.82) is 0 Å². The third-order valence-corrected chi connectivity index (χ3v) is 4.56. The first-order chi connectivity index (χ1) is 7.95. The summed E-state index contributed by atoms with van der Waals surface area (Å²) in [5.74, 6) is 2.48. The van der Waals surface area contributed by atoms with Gasteiger partial charge in [-0.2, -0.15) is 0 Å².